The van der Waals surface area contributed by atoms with Gasteiger partial charge in [-0.05, 0) is 45.8 Å². The molecule has 0 N–H and O–H groups in total. The van der Waals surface area contributed by atoms with Crippen LogP contribution in [0.2, 0.25) is 19.1 Å². The lowest BCUT2D eigenvalue weighted by atomic mass is 10.1. The van der Waals surface area contributed by atoms with Crippen LogP contribution in [0.5, 0.6) is 0 Å². The fourth-order valence-electron chi connectivity index (χ4n) is 2.14. The van der Waals surface area contributed by atoms with Crippen molar-refractivity contribution < 1.29 is 0 Å². The summed E-state index contributed by atoms with van der Waals surface area (Å²) in [6.45, 7) is 15.3. The van der Waals surface area contributed by atoms with E-state index in [2.05, 4.69) is 31.5 Å². The Morgan fingerprint density at radius 2 is 1.80 bits per heavy atom. The summed E-state index contributed by atoms with van der Waals surface area (Å²) in [4.78, 5) is 2.65. The zero-order valence-corrected chi connectivity index (χ0v) is 11.8. The Balaban J connectivity index is 2.17. The number of rotatable bonds is 5. The highest BCUT2D eigenvalue weighted by Gasteiger charge is 2.21. The van der Waals surface area contributed by atoms with Crippen molar-refractivity contribution in [2.75, 3.05) is 19.6 Å². The predicted octanol–water partition coefficient (Wildman–Crippen LogP) is 3.69. The first-order valence-corrected chi connectivity index (χ1v) is 9.61. The molecule has 0 bridgehead atoms. The number of piperidine rings is 1. The van der Waals surface area contributed by atoms with Gasteiger partial charge in [-0.2, -0.15) is 0 Å². The molecule has 0 unspecified atom stereocenters. The standard InChI is InChI=1S/C13H27NSi/c1-13(2)15(3,4)12-8-11-14-9-6-5-7-10-14/h1,5-12H2,2-4H3. The number of hydrogen-bond acceptors (Lipinski definition) is 1. The van der Waals surface area contributed by atoms with Crippen LogP contribution < -0.4 is 0 Å². The molecular formula is C13H27NSi. The van der Waals surface area contributed by atoms with E-state index in [0.717, 1.165) is 0 Å². The summed E-state index contributed by atoms with van der Waals surface area (Å²) < 4.78 is 0. The molecule has 0 aliphatic carbocycles. The minimum Gasteiger partial charge on any atom is -0.303 e. The number of allylic oxidation sites excluding steroid dienone is 1. The summed E-state index contributed by atoms with van der Waals surface area (Å²) >= 11 is 0. The SMILES string of the molecule is C=C(C)[Si](C)(C)CCCN1CCCCC1. The Morgan fingerprint density at radius 3 is 2.33 bits per heavy atom. The Labute approximate surface area is 96.6 Å². The summed E-state index contributed by atoms with van der Waals surface area (Å²) in [6, 6.07) is 1.42. The smallest absolute Gasteiger partial charge is 0.0743 e. The molecule has 0 aromatic carbocycles. The maximum atomic E-state index is 4.14. The normalized spacial score (nSPS) is 19.1. The first-order valence-electron chi connectivity index (χ1n) is 6.41. The molecule has 0 aromatic rings. The van der Waals surface area contributed by atoms with E-state index in [-0.39, 0.29) is 0 Å². The third kappa shape index (κ3) is 4.52. The highest BCUT2D eigenvalue weighted by molar-refractivity contribution is 6.84. The average Bonchev–Trinajstić information content (AvgIpc) is 2.19. The topological polar surface area (TPSA) is 3.24 Å². The predicted molar refractivity (Wildman–Crippen MR) is 72.0 cm³/mol. The average molecular weight is 225 g/mol. The molecule has 0 radical (unpaired) electrons. The minimum absolute atomic E-state index is 1.09. The van der Waals surface area contributed by atoms with Crippen molar-refractivity contribution >= 4 is 8.07 Å². The van der Waals surface area contributed by atoms with E-state index in [1.807, 2.05) is 0 Å². The van der Waals surface area contributed by atoms with Crippen LogP contribution in [0.3, 0.4) is 0 Å². The largest absolute Gasteiger partial charge is 0.303 e. The molecule has 0 atom stereocenters. The molecule has 1 fully saturated rings. The zero-order chi connectivity index (χ0) is 11.3. The molecular weight excluding hydrogens is 198 g/mol. The van der Waals surface area contributed by atoms with Crippen LogP contribution in [0.15, 0.2) is 11.8 Å². The summed E-state index contributed by atoms with van der Waals surface area (Å²) in [5, 5.41) is 1.46. The fourth-order valence-corrected chi connectivity index (χ4v) is 3.61. The van der Waals surface area contributed by atoms with Crippen molar-refractivity contribution in [3.8, 4) is 0 Å². The van der Waals surface area contributed by atoms with Gasteiger partial charge >= 0.3 is 0 Å². The Hall–Kier alpha value is -0.0831. The molecule has 0 saturated carbocycles. The van der Waals surface area contributed by atoms with E-state index in [1.165, 1.54) is 56.6 Å². The zero-order valence-electron chi connectivity index (χ0n) is 10.8. The lowest BCUT2D eigenvalue weighted by Gasteiger charge is -2.28. The molecule has 1 nitrogen and oxygen atoms in total. The maximum absolute atomic E-state index is 4.14. The van der Waals surface area contributed by atoms with E-state index in [1.54, 1.807) is 0 Å². The van der Waals surface area contributed by atoms with Crippen molar-refractivity contribution in [2.24, 2.45) is 0 Å². The fraction of sp³-hybridized carbons (Fsp3) is 0.846. The van der Waals surface area contributed by atoms with Gasteiger partial charge in [-0.15, -0.1) is 6.58 Å². The van der Waals surface area contributed by atoms with E-state index < -0.39 is 8.07 Å². The number of hydrogen-bond donors (Lipinski definition) is 0. The van der Waals surface area contributed by atoms with Crippen molar-refractivity contribution in [3.05, 3.63) is 11.8 Å². The van der Waals surface area contributed by atoms with Gasteiger partial charge in [0.1, 0.15) is 0 Å². The van der Waals surface area contributed by atoms with Crippen LogP contribution in [-0.2, 0) is 0 Å². The first-order chi connectivity index (χ1) is 7.02. The highest BCUT2D eigenvalue weighted by atomic mass is 28.3. The number of likely N-dealkylation sites (tertiary alicyclic amines) is 1. The first kappa shape index (κ1) is 13.0. The van der Waals surface area contributed by atoms with Crippen LogP contribution >= 0.6 is 0 Å². The van der Waals surface area contributed by atoms with Crippen molar-refractivity contribution in [3.63, 3.8) is 0 Å². The molecule has 0 aromatic heterocycles. The minimum atomic E-state index is -1.09. The summed E-state index contributed by atoms with van der Waals surface area (Å²) in [6.07, 6.45) is 5.66. The van der Waals surface area contributed by atoms with E-state index >= 15 is 0 Å². The van der Waals surface area contributed by atoms with Crippen molar-refractivity contribution in [1.29, 1.82) is 0 Å². The van der Waals surface area contributed by atoms with E-state index in [9.17, 15) is 0 Å². The molecule has 88 valence electrons. The third-order valence-electron chi connectivity index (χ3n) is 3.88. The van der Waals surface area contributed by atoms with Crippen molar-refractivity contribution in [1.82, 2.24) is 4.90 Å². The van der Waals surface area contributed by atoms with Crippen LogP contribution in [0, 0.1) is 0 Å². The maximum Gasteiger partial charge on any atom is 0.0743 e. The van der Waals surface area contributed by atoms with Gasteiger partial charge in [-0.3, -0.25) is 0 Å². The monoisotopic (exact) mass is 225 g/mol. The molecule has 0 amide bonds. The quantitative estimate of drug-likeness (QED) is 0.645. The van der Waals surface area contributed by atoms with Crippen LogP contribution in [0.1, 0.15) is 32.6 Å². The van der Waals surface area contributed by atoms with Crippen LogP contribution in [0.4, 0.5) is 0 Å². The van der Waals surface area contributed by atoms with E-state index in [4.69, 9.17) is 0 Å². The summed E-state index contributed by atoms with van der Waals surface area (Å²) in [7, 11) is -1.09. The summed E-state index contributed by atoms with van der Waals surface area (Å²) in [5.41, 5.74) is 0. The third-order valence-corrected chi connectivity index (χ3v) is 7.79. The summed E-state index contributed by atoms with van der Waals surface area (Å²) in [5.74, 6) is 0. The molecule has 1 rings (SSSR count). The molecule has 1 aliphatic heterocycles. The van der Waals surface area contributed by atoms with Gasteiger partial charge in [0.2, 0.25) is 0 Å². The number of nitrogens with zero attached hydrogens (tertiary/aromatic N) is 1. The highest BCUT2D eigenvalue weighted by Crippen LogP contribution is 2.20. The van der Waals surface area contributed by atoms with Gasteiger partial charge in [-0.25, -0.2) is 0 Å². The molecule has 15 heavy (non-hydrogen) atoms. The van der Waals surface area contributed by atoms with Gasteiger partial charge in [0.15, 0.2) is 0 Å². The van der Waals surface area contributed by atoms with Gasteiger partial charge < -0.3 is 4.90 Å². The van der Waals surface area contributed by atoms with Crippen LogP contribution in [-0.4, -0.2) is 32.6 Å². The van der Waals surface area contributed by atoms with Gasteiger partial charge in [0.25, 0.3) is 0 Å². The van der Waals surface area contributed by atoms with Gasteiger partial charge in [-0.1, -0.05) is 30.8 Å². The molecule has 1 heterocycles. The second-order valence-electron chi connectivity index (χ2n) is 5.67. The van der Waals surface area contributed by atoms with Crippen molar-refractivity contribution in [2.45, 2.75) is 51.7 Å². The lowest BCUT2D eigenvalue weighted by Crippen LogP contribution is -2.33. The lowest BCUT2D eigenvalue weighted by molar-refractivity contribution is 0.229. The molecule has 1 saturated heterocycles. The Bertz CT molecular complexity index is 205. The van der Waals surface area contributed by atoms with Crippen LogP contribution in [0.25, 0.3) is 0 Å². The van der Waals surface area contributed by atoms with Gasteiger partial charge in [0, 0.05) is 0 Å². The second kappa shape index (κ2) is 5.85. The Morgan fingerprint density at radius 1 is 1.20 bits per heavy atom. The Kier molecular flexibility index (Phi) is 5.07. The van der Waals surface area contributed by atoms with E-state index in [0.29, 0.717) is 0 Å². The second-order valence-corrected chi connectivity index (χ2v) is 10.8. The van der Waals surface area contributed by atoms with Gasteiger partial charge in [0.05, 0.1) is 8.07 Å². The molecule has 0 spiro atoms. The molecule has 2 heteroatoms. The molecule has 1 aliphatic rings.